The lowest BCUT2D eigenvalue weighted by molar-refractivity contribution is -0.137. The van der Waals surface area contributed by atoms with Crippen LogP contribution in [-0.4, -0.2) is 39.6 Å². The Balaban J connectivity index is 1.42. The first-order chi connectivity index (χ1) is 13.8. The predicted octanol–water partition coefficient (Wildman–Crippen LogP) is 3.95. The molecule has 2 aromatic rings. The van der Waals surface area contributed by atoms with Crippen LogP contribution in [0.15, 0.2) is 30.6 Å². The highest BCUT2D eigenvalue weighted by atomic mass is 19.4. The first-order valence-corrected chi connectivity index (χ1v) is 9.89. The summed E-state index contributed by atoms with van der Waals surface area (Å²) in [4.78, 5) is 8.66. The Morgan fingerprint density at radius 1 is 1.17 bits per heavy atom. The van der Waals surface area contributed by atoms with E-state index < -0.39 is 11.7 Å². The Kier molecular flexibility index (Phi) is 5.03. The molecule has 0 atom stereocenters. The van der Waals surface area contributed by atoms with Crippen molar-refractivity contribution in [3.63, 3.8) is 0 Å². The molecule has 2 saturated heterocycles. The monoisotopic (exact) mass is 403 g/mol. The fraction of sp³-hybridized carbons (Fsp3) is 0.524. The number of anilines is 1. The van der Waals surface area contributed by atoms with Gasteiger partial charge in [-0.25, -0.2) is 4.98 Å². The second-order valence-corrected chi connectivity index (χ2v) is 8.10. The summed E-state index contributed by atoms with van der Waals surface area (Å²) in [7, 11) is 1.89. The van der Waals surface area contributed by atoms with Crippen LogP contribution in [0.3, 0.4) is 0 Å². The van der Waals surface area contributed by atoms with Gasteiger partial charge in [0.05, 0.1) is 5.56 Å². The molecule has 154 valence electrons. The number of likely N-dealkylation sites (tertiary alicyclic amines) is 1. The Bertz CT molecular complexity index is 902. The number of alkyl halides is 3. The first-order valence-electron chi connectivity index (χ1n) is 9.89. The van der Waals surface area contributed by atoms with E-state index in [-0.39, 0.29) is 5.54 Å². The second-order valence-electron chi connectivity index (χ2n) is 8.10. The molecule has 2 fully saturated rings. The largest absolute Gasteiger partial charge is 0.417 e. The molecule has 8 heteroatoms. The van der Waals surface area contributed by atoms with E-state index >= 15 is 0 Å². The van der Waals surface area contributed by atoms with Crippen LogP contribution in [0.2, 0.25) is 0 Å². The van der Waals surface area contributed by atoms with Crippen LogP contribution in [0.1, 0.15) is 42.5 Å². The van der Waals surface area contributed by atoms with E-state index in [2.05, 4.69) is 20.9 Å². The van der Waals surface area contributed by atoms with Gasteiger partial charge in [0, 0.05) is 44.6 Å². The number of aromatic nitrogens is 2. The first kappa shape index (κ1) is 19.8. The molecule has 4 rings (SSSR count). The van der Waals surface area contributed by atoms with Crippen molar-refractivity contribution in [3.05, 3.63) is 47.4 Å². The maximum Gasteiger partial charge on any atom is 0.417 e. The van der Waals surface area contributed by atoms with Gasteiger partial charge in [0.15, 0.2) is 0 Å². The molecule has 0 saturated carbocycles. The average molecular weight is 403 g/mol. The van der Waals surface area contributed by atoms with Crippen molar-refractivity contribution in [2.45, 2.75) is 43.9 Å². The fourth-order valence-electron chi connectivity index (χ4n) is 4.75. The molecule has 2 aliphatic heterocycles. The van der Waals surface area contributed by atoms with E-state index in [0.717, 1.165) is 69.7 Å². The molecule has 2 aliphatic rings. The van der Waals surface area contributed by atoms with E-state index in [1.54, 1.807) is 0 Å². The lowest BCUT2D eigenvalue weighted by Crippen LogP contribution is -2.52. The molecule has 0 aromatic carbocycles. The van der Waals surface area contributed by atoms with Crippen molar-refractivity contribution in [3.8, 4) is 6.07 Å². The van der Waals surface area contributed by atoms with Gasteiger partial charge in [0.25, 0.3) is 0 Å². The zero-order chi connectivity index (χ0) is 20.6. The second kappa shape index (κ2) is 7.38. The van der Waals surface area contributed by atoms with Crippen molar-refractivity contribution >= 4 is 5.82 Å². The van der Waals surface area contributed by atoms with Crippen LogP contribution in [0, 0.1) is 11.3 Å². The number of rotatable bonds is 3. The van der Waals surface area contributed by atoms with Gasteiger partial charge in [-0.05, 0) is 56.0 Å². The molecule has 0 N–H and O–H groups in total. The Hall–Kier alpha value is -2.53. The van der Waals surface area contributed by atoms with Crippen LogP contribution in [0.25, 0.3) is 0 Å². The summed E-state index contributed by atoms with van der Waals surface area (Å²) < 4.78 is 40.1. The normalized spacial score (nSPS) is 19.6. The third kappa shape index (κ3) is 3.84. The average Bonchev–Trinajstić information content (AvgIpc) is 3.25. The minimum absolute atomic E-state index is 0.130. The molecule has 4 heterocycles. The zero-order valence-electron chi connectivity index (χ0n) is 16.4. The summed E-state index contributed by atoms with van der Waals surface area (Å²) in [6.45, 7) is 3.43. The number of nitrogens with zero attached hydrogens (tertiary/aromatic N) is 5. The minimum Gasteiger partial charge on any atom is -0.356 e. The number of piperidine rings is 1. The number of nitriles is 1. The molecule has 5 nitrogen and oxygen atoms in total. The SMILES string of the molecule is Cn1cc(CN2CCCC23CCN(c2ccc(C(F)(F)F)cn2)CC3)cc1C#N. The predicted molar refractivity (Wildman–Crippen MR) is 103 cm³/mol. The Morgan fingerprint density at radius 2 is 1.93 bits per heavy atom. The molecule has 0 aliphatic carbocycles. The van der Waals surface area contributed by atoms with Crippen LogP contribution in [0.5, 0.6) is 0 Å². The van der Waals surface area contributed by atoms with Gasteiger partial charge in [-0.1, -0.05) is 0 Å². The van der Waals surface area contributed by atoms with Crippen molar-refractivity contribution < 1.29 is 13.2 Å². The van der Waals surface area contributed by atoms with Gasteiger partial charge in [-0.2, -0.15) is 18.4 Å². The smallest absolute Gasteiger partial charge is 0.356 e. The van der Waals surface area contributed by atoms with E-state index in [4.69, 9.17) is 0 Å². The molecule has 29 heavy (non-hydrogen) atoms. The summed E-state index contributed by atoms with van der Waals surface area (Å²) >= 11 is 0. The standard InChI is InChI=1S/C21H24F3N5/c1-27-14-16(11-18(27)12-25)15-29-8-2-5-20(29)6-9-28(10-7-20)19-4-3-17(13-26-19)21(22,23)24/h3-4,11,13-14H,2,5-10,15H2,1H3. The quantitative estimate of drug-likeness (QED) is 0.779. The van der Waals surface area contributed by atoms with Crippen molar-refractivity contribution in [1.82, 2.24) is 14.5 Å². The summed E-state index contributed by atoms with van der Waals surface area (Å²) in [6.07, 6.45) is 2.80. The summed E-state index contributed by atoms with van der Waals surface area (Å²) in [5.41, 5.74) is 1.23. The molecule has 0 bridgehead atoms. The number of halogens is 3. The van der Waals surface area contributed by atoms with Crippen molar-refractivity contribution in [2.75, 3.05) is 24.5 Å². The van der Waals surface area contributed by atoms with Gasteiger partial charge in [0.1, 0.15) is 17.6 Å². The van der Waals surface area contributed by atoms with E-state index in [0.29, 0.717) is 11.5 Å². The lowest BCUT2D eigenvalue weighted by atomic mass is 9.84. The number of aryl methyl sites for hydroxylation is 1. The maximum atomic E-state index is 12.8. The topological polar surface area (TPSA) is 48.1 Å². The summed E-state index contributed by atoms with van der Waals surface area (Å²) in [6, 6.07) is 6.74. The van der Waals surface area contributed by atoms with Crippen molar-refractivity contribution in [1.29, 1.82) is 5.26 Å². The fourth-order valence-corrected chi connectivity index (χ4v) is 4.75. The van der Waals surface area contributed by atoms with Crippen molar-refractivity contribution in [2.24, 2.45) is 7.05 Å². The summed E-state index contributed by atoms with van der Waals surface area (Å²) in [5, 5.41) is 9.18. The maximum absolute atomic E-state index is 12.8. The van der Waals surface area contributed by atoms with Crippen LogP contribution in [-0.2, 0) is 19.8 Å². The highest BCUT2D eigenvalue weighted by Crippen LogP contribution is 2.40. The van der Waals surface area contributed by atoms with Crippen LogP contribution in [0.4, 0.5) is 19.0 Å². The molecular formula is C21H24F3N5. The van der Waals surface area contributed by atoms with E-state index in [1.165, 1.54) is 6.07 Å². The molecule has 2 aromatic heterocycles. The van der Waals surface area contributed by atoms with Gasteiger partial charge >= 0.3 is 6.18 Å². The van der Waals surface area contributed by atoms with E-state index in [9.17, 15) is 18.4 Å². The highest BCUT2D eigenvalue weighted by Gasteiger charge is 2.43. The Labute approximate surface area is 168 Å². The highest BCUT2D eigenvalue weighted by molar-refractivity contribution is 5.41. The van der Waals surface area contributed by atoms with Gasteiger partial charge in [-0.3, -0.25) is 4.90 Å². The molecule has 0 unspecified atom stereocenters. The van der Waals surface area contributed by atoms with E-state index in [1.807, 2.05) is 23.9 Å². The van der Waals surface area contributed by atoms with Crippen LogP contribution < -0.4 is 4.90 Å². The molecule has 0 amide bonds. The van der Waals surface area contributed by atoms with Gasteiger partial charge in [-0.15, -0.1) is 0 Å². The number of pyridine rings is 1. The van der Waals surface area contributed by atoms with Gasteiger partial charge in [0.2, 0.25) is 0 Å². The third-order valence-corrected chi connectivity index (χ3v) is 6.38. The Morgan fingerprint density at radius 3 is 2.52 bits per heavy atom. The minimum atomic E-state index is -4.36. The zero-order valence-corrected chi connectivity index (χ0v) is 16.4. The number of hydrogen-bond donors (Lipinski definition) is 0. The molecular weight excluding hydrogens is 379 g/mol. The lowest BCUT2D eigenvalue weighted by Gasteiger charge is -2.45. The molecule has 0 radical (unpaired) electrons. The molecule has 1 spiro atoms. The van der Waals surface area contributed by atoms with Gasteiger partial charge < -0.3 is 9.47 Å². The summed E-state index contributed by atoms with van der Waals surface area (Å²) in [5.74, 6) is 0.610. The number of hydrogen-bond acceptors (Lipinski definition) is 4. The van der Waals surface area contributed by atoms with Crippen LogP contribution >= 0.6 is 0 Å². The third-order valence-electron chi connectivity index (χ3n) is 6.38.